The Morgan fingerprint density at radius 1 is 1.23 bits per heavy atom. The predicted octanol–water partition coefficient (Wildman–Crippen LogP) is 1.92. The molecule has 2 aromatic rings. The van der Waals surface area contributed by atoms with E-state index >= 15 is 0 Å². The van der Waals surface area contributed by atoms with E-state index in [4.69, 9.17) is 4.42 Å². The fourth-order valence-corrected chi connectivity index (χ4v) is 4.06. The zero-order chi connectivity index (χ0) is 22.4. The molecule has 1 aromatic carbocycles. The van der Waals surface area contributed by atoms with Crippen LogP contribution in [0.3, 0.4) is 0 Å². The Kier molecular flexibility index (Phi) is 7.62. The topological polar surface area (TPSA) is 137 Å². The lowest BCUT2D eigenvalue weighted by atomic mass is 9.83. The van der Waals surface area contributed by atoms with Gasteiger partial charge in [0.15, 0.2) is 6.10 Å². The Hall–Kier alpha value is -2.94. The first-order valence-electron chi connectivity index (χ1n) is 10.7. The predicted molar refractivity (Wildman–Crippen MR) is 113 cm³/mol. The van der Waals surface area contributed by atoms with Crippen LogP contribution >= 0.6 is 0 Å². The summed E-state index contributed by atoms with van der Waals surface area (Å²) in [5, 5.41) is 22.4. The van der Waals surface area contributed by atoms with Crippen molar-refractivity contribution in [3.63, 3.8) is 0 Å². The van der Waals surface area contributed by atoms with Crippen LogP contribution in [0, 0.1) is 11.8 Å². The number of aliphatic hydroxyl groups excluding tert-OH is 1. The van der Waals surface area contributed by atoms with Gasteiger partial charge in [-0.2, -0.15) is 0 Å². The summed E-state index contributed by atoms with van der Waals surface area (Å²) < 4.78 is 4.88. The van der Waals surface area contributed by atoms with Crippen LogP contribution in [0.15, 0.2) is 39.5 Å². The van der Waals surface area contributed by atoms with E-state index in [0.29, 0.717) is 24.8 Å². The van der Waals surface area contributed by atoms with Crippen molar-refractivity contribution in [1.82, 2.24) is 20.8 Å². The number of carbonyl (C=O) groups is 2. The Balaban J connectivity index is 1.71. The minimum Gasteiger partial charge on any atom is -0.390 e. The largest absolute Gasteiger partial charge is 0.434 e. The first-order valence-corrected chi connectivity index (χ1v) is 10.7. The lowest BCUT2D eigenvalue weighted by molar-refractivity contribution is -0.128. The number of aromatic amines is 1. The molecule has 1 aliphatic rings. The molecule has 168 valence electrons. The number of nitrogens with zero attached hydrogens (tertiary/aromatic N) is 1. The Morgan fingerprint density at radius 2 is 1.94 bits per heavy atom. The van der Waals surface area contributed by atoms with Crippen molar-refractivity contribution in [2.24, 2.45) is 11.8 Å². The molecule has 1 aromatic heterocycles. The second kappa shape index (κ2) is 10.4. The van der Waals surface area contributed by atoms with Crippen LogP contribution in [0.25, 0.3) is 0 Å². The summed E-state index contributed by atoms with van der Waals surface area (Å²) in [6.45, 7) is 3.94. The van der Waals surface area contributed by atoms with Crippen LogP contribution in [0.4, 0.5) is 0 Å². The van der Waals surface area contributed by atoms with Crippen molar-refractivity contribution in [3.05, 3.63) is 52.3 Å². The molecule has 0 aliphatic heterocycles. The van der Waals surface area contributed by atoms with Gasteiger partial charge in [-0.1, -0.05) is 44.9 Å². The molecule has 0 spiro atoms. The summed E-state index contributed by atoms with van der Waals surface area (Å²) in [5.41, 5.74) is 0.550. The van der Waals surface area contributed by atoms with Crippen LogP contribution in [0.1, 0.15) is 68.3 Å². The number of aliphatic hydroxyl groups is 1. The molecule has 0 radical (unpaired) electrons. The molecule has 9 nitrogen and oxygen atoms in total. The third kappa shape index (κ3) is 6.04. The second-order valence-electron chi connectivity index (χ2n) is 8.48. The van der Waals surface area contributed by atoms with Gasteiger partial charge in [0.05, 0.1) is 12.0 Å². The number of amides is 2. The molecule has 0 bridgehead atoms. The monoisotopic (exact) mass is 430 g/mol. The quantitative estimate of drug-likeness (QED) is 0.505. The summed E-state index contributed by atoms with van der Waals surface area (Å²) in [7, 11) is 0. The summed E-state index contributed by atoms with van der Waals surface area (Å²) in [4.78, 5) is 37.0. The smallest absolute Gasteiger partial charge is 0.390 e. The van der Waals surface area contributed by atoms with Gasteiger partial charge in [-0.15, -0.1) is 5.10 Å². The van der Waals surface area contributed by atoms with E-state index < -0.39 is 23.8 Å². The number of aromatic nitrogens is 2. The van der Waals surface area contributed by atoms with E-state index in [9.17, 15) is 19.5 Å². The highest BCUT2D eigenvalue weighted by atomic mass is 16.4. The highest BCUT2D eigenvalue weighted by Crippen LogP contribution is 2.27. The van der Waals surface area contributed by atoms with Crippen LogP contribution in [-0.4, -0.2) is 39.2 Å². The van der Waals surface area contributed by atoms with Gasteiger partial charge in [0, 0.05) is 11.6 Å². The molecule has 1 unspecified atom stereocenters. The molecular formula is C22H30N4O5. The average Bonchev–Trinajstić information content (AvgIpc) is 3.19. The first kappa shape index (κ1) is 22.7. The van der Waals surface area contributed by atoms with Crippen molar-refractivity contribution >= 4 is 11.8 Å². The molecule has 4 N–H and O–H groups in total. The van der Waals surface area contributed by atoms with E-state index in [1.54, 1.807) is 24.3 Å². The highest BCUT2D eigenvalue weighted by Gasteiger charge is 2.35. The molecule has 9 heteroatoms. The van der Waals surface area contributed by atoms with Gasteiger partial charge in [-0.3, -0.25) is 9.59 Å². The molecular weight excluding hydrogens is 400 g/mol. The normalized spacial score (nSPS) is 20.8. The molecule has 1 aliphatic carbocycles. The van der Waals surface area contributed by atoms with Crippen molar-refractivity contribution < 1.29 is 19.1 Å². The van der Waals surface area contributed by atoms with Gasteiger partial charge in [-0.25, -0.2) is 9.89 Å². The zero-order valence-electron chi connectivity index (χ0n) is 17.8. The first-order chi connectivity index (χ1) is 14.8. The minimum absolute atomic E-state index is 0.159. The van der Waals surface area contributed by atoms with Crippen LogP contribution in [0.2, 0.25) is 0 Å². The van der Waals surface area contributed by atoms with E-state index in [1.165, 1.54) is 0 Å². The Bertz CT molecular complexity index is 923. The number of H-pyrrole nitrogens is 1. The molecule has 4 atom stereocenters. The molecule has 1 saturated carbocycles. The summed E-state index contributed by atoms with van der Waals surface area (Å²) in [6.07, 6.45) is 2.39. The molecule has 1 heterocycles. The maximum absolute atomic E-state index is 13.2. The van der Waals surface area contributed by atoms with Crippen molar-refractivity contribution in [2.45, 2.75) is 64.1 Å². The Labute approximate surface area is 180 Å². The SMILES string of the molecule is CC(C)C[C@H](NC(=O)[C@@H]1CCCC[C@@H]1NC(=O)c1ccccc1)C(O)c1n[nH]c(=O)o1. The lowest BCUT2D eigenvalue weighted by Gasteiger charge is -2.33. The van der Waals surface area contributed by atoms with Gasteiger partial charge in [-0.05, 0) is 37.3 Å². The number of rotatable bonds is 8. The maximum Gasteiger partial charge on any atom is 0.434 e. The second-order valence-corrected chi connectivity index (χ2v) is 8.48. The van der Waals surface area contributed by atoms with E-state index in [0.717, 1.165) is 12.8 Å². The summed E-state index contributed by atoms with van der Waals surface area (Å²) >= 11 is 0. The lowest BCUT2D eigenvalue weighted by Crippen LogP contribution is -2.51. The van der Waals surface area contributed by atoms with Gasteiger partial charge in [0.25, 0.3) is 5.91 Å². The zero-order valence-corrected chi connectivity index (χ0v) is 17.8. The fraction of sp³-hybridized carbons (Fsp3) is 0.545. The van der Waals surface area contributed by atoms with E-state index in [1.807, 2.05) is 19.9 Å². The minimum atomic E-state index is -1.26. The van der Waals surface area contributed by atoms with Crippen molar-refractivity contribution in [3.8, 4) is 0 Å². The average molecular weight is 431 g/mol. The van der Waals surface area contributed by atoms with Gasteiger partial charge >= 0.3 is 5.76 Å². The Morgan fingerprint density at radius 3 is 2.58 bits per heavy atom. The van der Waals surface area contributed by atoms with Gasteiger partial charge in [0.2, 0.25) is 11.8 Å². The third-order valence-electron chi connectivity index (χ3n) is 5.60. The number of hydrogen-bond donors (Lipinski definition) is 4. The van der Waals surface area contributed by atoms with Crippen LogP contribution in [0.5, 0.6) is 0 Å². The number of carbonyl (C=O) groups excluding carboxylic acids is 2. The molecule has 3 rings (SSSR count). The molecule has 0 saturated heterocycles. The van der Waals surface area contributed by atoms with E-state index in [2.05, 4.69) is 20.8 Å². The van der Waals surface area contributed by atoms with Gasteiger partial charge < -0.3 is 20.2 Å². The number of nitrogens with one attached hydrogen (secondary N) is 3. The number of hydrogen-bond acceptors (Lipinski definition) is 6. The summed E-state index contributed by atoms with van der Waals surface area (Å²) in [6, 6.07) is 7.94. The van der Waals surface area contributed by atoms with Gasteiger partial charge in [0.1, 0.15) is 0 Å². The molecule has 31 heavy (non-hydrogen) atoms. The maximum atomic E-state index is 13.2. The molecule has 1 fully saturated rings. The van der Waals surface area contributed by atoms with Crippen LogP contribution < -0.4 is 16.4 Å². The van der Waals surface area contributed by atoms with E-state index in [-0.39, 0.29) is 29.7 Å². The molecule has 2 amide bonds. The standard InChI is InChI=1S/C22H30N4O5/c1-13(2)12-17(18(27)21-25-26-22(30)31-21)24-20(29)15-10-6-7-11-16(15)23-19(28)14-8-4-3-5-9-14/h3-5,8-9,13,15-18,27H,6-7,10-12H2,1-2H3,(H,23,28)(H,24,29)(H,26,30)/t15-,16+,17+,18?/m1/s1. The van der Waals surface area contributed by atoms with Crippen molar-refractivity contribution in [2.75, 3.05) is 0 Å². The van der Waals surface area contributed by atoms with Crippen molar-refractivity contribution in [1.29, 1.82) is 0 Å². The highest BCUT2D eigenvalue weighted by molar-refractivity contribution is 5.94. The van der Waals surface area contributed by atoms with Crippen LogP contribution in [-0.2, 0) is 4.79 Å². The number of benzene rings is 1. The third-order valence-corrected chi connectivity index (χ3v) is 5.60. The summed E-state index contributed by atoms with van der Waals surface area (Å²) in [5.74, 6) is -1.60. The fourth-order valence-electron chi connectivity index (χ4n) is 4.06.